The van der Waals surface area contributed by atoms with Crippen molar-refractivity contribution in [1.82, 2.24) is 5.32 Å². The first-order valence-electron chi connectivity index (χ1n) is 6.06. The van der Waals surface area contributed by atoms with E-state index in [1.807, 2.05) is 0 Å². The van der Waals surface area contributed by atoms with E-state index in [0.29, 0.717) is 6.61 Å². The fourth-order valence-corrected chi connectivity index (χ4v) is 1.19. The predicted octanol–water partition coefficient (Wildman–Crippen LogP) is 1.18. The van der Waals surface area contributed by atoms with Gasteiger partial charge in [-0.3, -0.25) is 4.79 Å². The number of rotatable bonds is 5. The van der Waals surface area contributed by atoms with E-state index in [1.54, 1.807) is 34.6 Å². The van der Waals surface area contributed by atoms with Crippen molar-refractivity contribution in [1.29, 1.82) is 0 Å². The van der Waals surface area contributed by atoms with Crippen LogP contribution in [0.3, 0.4) is 0 Å². The highest BCUT2D eigenvalue weighted by Gasteiger charge is 2.22. The SMILES string of the molecule is CCOC(=O)CC(N)C(C)NC(=O)OC(C)(C)C. The van der Waals surface area contributed by atoms with Crippen molar-refractivity contribution < 1.29 is 19.1 Å². The van der Waals surface area contributed by atoms with E-state index in [-0.39, 0.29) is 18.4 Å². The highest BCUT2D eigenvalue weighted by Crippen LogP contribution is 2.07. The topological polar surface area (TPSA) is 90.6 Å². The maximum Gasteiger partial charge on any atom is 0.407 e. The first-order valence-corrected chi connectivity index (χ1v) is 6.06. The minimum Gasteiger partial charge on any atom is -0.466 e. The van der Waals surface area contributed by atoms with Crippen molar-refractivity contribution in [3.05, 3.63) is 0 Å². The Morgan fingerprint density at radius 1 is 1.33 bits per heavy atom. The van der Waals surface area contributed by atoms with Gasteiger partial charge in [-0.25, -0.2) is 4.79 Å². The molecule has 0 aliphatic heterocycles. The Hall–Kier alpha value is -1.30. The Bertz CT molecular complexity index is 286. The van der Waals surface area contributed by atoms with Gasteiger partial charge in [-0.15, -0.1) is 0 Å². The van der Waals surface area contributed by atoms with Gasteiger partial charge in [0.15, 0.2) is 0 Å². The number of amides is 1. The van der Waals surface area contributed by atoms with Gasteiger partial charge in [-0.2, -0.15) is 0 Å². The summed E-state index contributed by atoms with van der Waals surface area (Å²) >= 11 is 0. The molecule has 0 saturated heterocycles. The lowest BCUT2D eigenvalue weighted by molar-refractivity contribution is -0.143. The Morgan fingerprint density at radius 3 is 2.33 bits per heavy atom. The first-order chi connectivity index (χ1) is 8.15. The van der Waals surface area contributed by atoms with E-state index < -0.39 is 17.7 Å². The molecule has 0 aromatic heterocycles. The van der Waals surface area contributed by atoms with E-state index in [0.717, 1.165) is 0 Å². The van der Waals surface area contributed by atoms with Crippen molar-refractivity contribution in [3.8, 4) is 0 Å². The summed E-state index contributed by atoms with van der Waals surface area (Å²) in [7, 11) is 0. The summed E-state index contributed by atoms with van der Waals surface area (Å²) in [5, 5.41) is 2.59. The number of nitrogens with two attached hydrogens (primary N) is 1. The van der Waals surface area contributed by atoms with Crippen LogP contribution in [0.1, 0.15) is 41.0 Å². The Balaban J connectivity index is 4.11. The second-order valence-corrected chi connectivity index (χ2v) is 5.11. The molecule has 2 atom stereocenters. The Labute approximate surface area is 108 Å². The van der Waals surface area contributed by atoms with Crippen LogP contribution in [0.2, 0.25) is 0 Å². The van der Waals surface area contributed by atoms with E-state index in [1.165, 1.54) is 0 Å². The molecule has 106 valence electrons. The predicted molar refractivity (Wildman–Crippen MR) is 68.1 cm³/mol. The fraction of sp³-hybridized carbons (Fsp3) is 0.833. The van der Waals surface area contributed by atoms with Gasteiger partial charge < -0.3 is 20.5 Å². The van der Waals surface area contributed by atoms with Gasteiger partial charge in [-0.1, -0.05) is 0 Å². The van der Waals surface area contributed by atoms with Crippen LogP contribution < -0.4 is 11.1 Å². The number of alkyl carbamates (subject to hydrolysis) is 1. The molecule has 0 bridgehead atoms. The maximum atomic E-state index is 11.5. The number of carbonyl (C=O) groups is 2. The molecule has 0 rings (SSSR count). The number of nitrogens with one attached hydrogen (secondary N) is 1. The maximum absolute atomic E-state index is 11.5. The van der Waals surface area contributed by atoms with Crippen LogP contribution in [0.25, 0.3) is 0 Å². The van der Waals surface area contributed by atoms with E-state index in [4.69, 9.17) is 15.2 Å². The summed E-state index contributed by atoms with van der Waals surface area (Å²) in [6.07, 6.45) is -0.487. The summed E-state index contributed by atoms with van der Waals surface area (Å²) < 4.78 is 9.87. The van der Waals surface area contributed by atoms with Crippen molar-refractivity contribution in [3.63, 3.8) is 0 Å². The molecule has 18 heavy (non-hydrogen) atoms. The molecular weight excluding hydrogens is 236 g/mol. The van der Waals surface area contributed by atoms with Crippen LogP contribution in [-0.2, 0) is 14.3 Å². The molecule has 2 unspecified atom stereocenters. The molecule has 0 aromatic carbocycles. The summed E-state index contributed by atoms with van der Waals surface area (Å²) in [5.74, 6) is -0.372. The normalized spacial score (nSPS) is 14.6. The third-order valence-corrected chi connectivity index (χ3v) is 2.09. The zero-order valence-electron chi connectivity index (χ0n) is 11.8. The smallest absolute Gasteiger partial charge is 0.407 e. The average molecular weight is 260 g/mol. The summed E-state index contributed by atoms with van der Waals surface area (Å²) in [6.45, 7) is 9.08. The van der Waals surface area contributed by atoms with Crippen LogP contribution in [0.4, 0.5) is 4.79 Å². The number of carbonyl (C=O) groups excluding carboxylic acids is 2. The quantitative estimate of drug-likeness (QED) is 0.724. The van der Waals surface area contributed by atoms with Gasteiger partial charge in [0.1, 0.15) is 5.60 Å². The molecule has 6 heteroatoms. The highest BCUT2D eigenvalue weighted by atomic mass is 16.6. The largest absolute Gasteiger partial charge is 0.466 e. The number of ether oxygens (including phenoxy) is 2. The number of hydrogen-bond acceptors (Lipinski definition) is 5. The van der Waals surface area contributed by atoms with Gasteiger partial charge in [0.25, 0.3) is 0 Å². The lowest BCUT2D eigenvalue weighted by atomic mass is 10.1. The van der Waals surface area contributed by atoms with E-state index in [9.17, 15) is 9.59 Å². The van der Waals surface area contributed by atoms with Crippen LogP contribution in [0, 0.1) is 0 Å². The second kappa shape index (κ2) is 7.20. The highest BCUT2D eigenvalue weighted by molar-refractivity contribution is 5.71. The van der Waals surface area contributed by atoms with Crippen LogP contribution >= 0.6 is 0 Å². The van der Waals surface area contributed by atoms with Gasteiger partial charge in [0.2, 0.25) is 0 Å². The molecule has 1 amide bonds. The summed E-state index contributed by atoms with van der Waals surface area (Å²) in [4.78, 5) is 22.7. The molecular formula is C12H24N2O4. The minimum atomic E-state index is -0.560. The average Bonchev–Trinajstić information content (AvgIpc) is 2.14. The monoisotopic (exact) mass is 260 g/mol. The third-order valence-electron chi connectivity index (χ3n) is 2.09. The first kappa shape index (κ1) is 16.7. The lowest BCUT2D eigenvalue weighted by Gasteiger charge is -2.24. The second-order valence-electron chi connectivity index (χ2n) is 5.11. The number of esters is 1. The standard InChI is InChI=1S/C12H24N2O4/c1-6-17-10(15)7-9(13)8(2)14-11(16)18-12(3,4)5/h8-9H,6-7,13H2,1-5H3,(H,14,16). The summed E-state index contributed by atoms with van der Waals surface area (Å²) in [5.41, 5.74) is 5.23. The van der Waals surface area contributed by atoms with Gasteiger partial charge in [0.05, 0.1) is 13.0 Å². The third kappa shape index (κ3) is 7.89. The van der Waals surface area contributed by atoms with Gasteiger partial charge in [0, 0.05) is 12.1 Å². The van der Waals surface area contributed by atoms with Crippen LogP contribution in [0.15, 0.2) is 0 Å². The molecule has 0 heterocycles. The van der Waals surface area contributed by atoms with Crippen LogP contribution in [0.5, 0.6) is 0 Å². The van der Waals surface area contributed by atoms with Crippen LogP contribution in [-0.4, -0.2) is 36.4 Å². The van der Waals surface area contributed by atoms with Crippen molar-refractivity contribution in [2.45, 2.75) is 58.7 Å². The zero-order chi connectivity index (χ0) is 14.3. The molecule has 0 fully saturated rings. The van der Waals surface area contributed by atoms with E-state index >= 15 is 0 Å². The fourth-order valence-electron chi connectivity index (χ4n) is 1.19. The van der Waals surface area contributed by atoms with Crippen molar-refractivity contribution >= 4 is 12.1 Å². The van der Waals surface area contributed by atoms with Crippen molar-refractivity contribution in [2.75, 3.05) is 6.61 Å². The molecule has 0 aromatic rings. The minimum absolute atomic E-state index is 0.0603. The zero-order valence-corrected chi connectivity index (χ0v) is 11.8. The van der Waals surface area contributed by atoms with Gasteiger partial charge >= 0.3 is 12.1 Å². The Morgan fingerprint density at radius 2 is 1.89 bits per heavy atom. The summed E-state index contributed by atoms with van der Waals surface area (Å²) in [6, 6.07) is -0.874. The lowest BCUT2D eigenvalue weighted by Crippen LogP contribution is -2.48. The Kier molecular flexibility index (Phi) is 6.68. The molecule has 0 aliphatic rings. The van der Waals surface area contributed by atoms with Crippen molar-refractivity contribution in [2.24, 2.45) is 5.73 Å². The van der Waals surface area contributed by atoms with E-state index in [2.05, 4.69) is 5.32 Å². The molecule has 0 spiro atoms. The molecule has 6 nitrogen and oxygen atoms in total. The molecule has 0 aliphatic carbocycles. The molecule has 3 N–H and O–H groups in total. The molecule has 0 radical (unpaired) electrons. The van der Waals surface area contributed by atoms with Gasteiger partial charge in [-0.05, 0) is 34.6 Å². The molecule has 0 saturated carbocycles. The number of hydrogen-bond donors (Lipinski definition) is 2.